The van der Waals surface area contributed by atoms with Crippen LogP contribution in [0.5, 0.6) is 0 Å². The molecule has 17 heavy (non-hydrogen) atoms. The van der Waals surface area contributed by atoms with Gasteiger partial charge in [0, 0.05) is 6.20 Å². The van der Waals surface area contributed by atoms with Gasteiger partial charge in [-0.05, 0) is 52.7 Å². The van der Waals surface area contributed by atoms with Crippen LogP contribution in [0.2, 0.25) is 0 Å². The van der Waals surface area contributed by atoms with Gasteiger partial charge in [0.15, 0.2) is 0 Å². The SMILES string of the molecule is Cc1ccnc(C(=O)c2cccc(Br)c2F)c1. The van der Waals surface area contributed by atoms with E-state index < -0.39 is 11.6 Å². The molecule has 2 aromatic rings. The van der Waals surface area contributed by atoms with Gasteiger partial charge in [-0.15, -0.1) is 0 Å². The Morgan fingerprint density at radius 3 is 2.82 bits per heavy atom. The van der Waals surface area contributed by atoms with Gasteiger partial charge in [0.05, 0.1) is 10.0 Å². The maximum Gasteiger partial charge on any atom is 0.214 e. The van der Waals surface area contributed by atoms with Gasteiger partial charge in [-0.2, -0.15) is 0 Å². The molecule has 1 aromatic heterocycles. The summed E-state index contributed by atoms with van der Waals surface area (Å²) in [7, 11) is 0. The topological polar surface area (TPSA) is 30.0 Å². The first kappa shape index (κ1) is 11.9. The number of pyridine rings is 1. The number of carbonyl (C=O) groups is 1. The van der Waals surface area contributed by atoms with Crippen molar-refractivity contribution >= 4 is 21.7 Å². The first-order chi connectivity index (χ1) is 8.09. The molecule has 0 aliphatic rings. The van der Waals surface area contributed by atoms with Crippen molar-refractivity contribution in [2.75, 3.05) is 0 Å². The largest absolute Gasteiger partial charge is 0.287 e. The molecule has 0 bridgehead atoms. The van der Waals surface area contributed by atoms with Crippen LogP contribution in [0.25, 0.3) is 0 Å². The highest BCUT2D eigenvalue weighted by molar-refractivity contribution is 9.10. The van der Waals surface area contributed by atoms with Crippen LogP contribution in [0, 0.1) is 12.7 Å². The number of hydrogen-bond donors (Lipinski definition) is 0. The molecule has 86 valence electrons. The minimum atomic E-state index is -0.555. The van der Waals surface area contributed by atoms with Crippen LogP contribution in [0.15, 0.2) is 41.0 Å². The van der Waals surface area contributed by atoms with E-state index in [1.54, 1.807) is 30.5 Å². The summed E-state index contributed by atoms with van der Waals surface area (Å²) in [5.41, 5.74) is 1.19. The Bertz CT molecular complexity index is 583. The highest BCUT2D eigenvalue weighted by Gasteiger charge is 2.16. The van der Waals surface area contributed by atoms with E-state index in [4.69, 9.17) is 0 Å². The van der Waals surface area contributed by atoms with Gasteiger partial charge in [-0.1, -0.05) is 6.07 Å². The maximum atomic E-state index is 13.7. The zero-order chi connectivity index (χ0) is 12.4. The van der Waals surface area contributed by atoms with Crippen molar-refractivity contribution in [3.05, 3.63) is 63.6 Å². The summed E-state index contributed by atoms with van der Waals surface area (Å²) >= 11 is 3.05. The summed E-state index contributed by atoms with van der Waals surface area (Å²) in [5.74, 6) is -0.965. The number of hydrogen-bond acceptors (Lipinski definition) is 2. The Labute approximate surface area is 107 Å². The third-order valence-electron chi connectivity index (χ3n) is 2.34. The van der Waals surface area contributed by atoms with Gasteiger partial charge < -0.3 is 0 Å². The van der Waals surface area contributed by atoms with E-state index in [1.165, 1.54) is 6.07 Å². The van der Waals surface area contributed by atoms with Crippen molar-refractivity contribution in [2.24, 2.45) is 0 Å². The Morgan fingerprint density at radius 2 is 2.12 bits per heavy atom. The predicted molar refractivity (Wildman–Crippen MR) is 66.5 cm³/mol. The molecule has 0 unspecified atom stereocenters. The highest BCUT2D eigenvalue weighted by Crippen LogP contribution is 2.20. The van der Waals surface area contributed by atoms with Crippen LogP contribution in [-0.2, 0) is 0 Å². The molecule has 0 spiro atoms. The van der Waals surface area contributed by atoms with Gasteiger partial charge >= 0.3 is 0 Å². The molecule has 0 atom stereocenters. The number of carbonyl (C=O) groups excluding carboxylic acids is 1. The molecule has 0 fully saturated rings. The summed E-state index contributed by atoms with van der Waals surface area (Å²) in [5, 5.41) is 0. The number of halogens is 2. The van der Waals surface area contributed by atoms with Crippen LogP contribution >= 0.6 is 15.9 Å². The molecule has 2 nitrogen and oxygen atoms in total. The number of aryl methyl sites for hydroxylation is 1. The van der Waals surface area contributed by atoms with E-state index in [9.17, 15) is 9.18 Å². The van der Waals surface area contributed by atoms with Crippen molar-refractivity contribution in [3.63, 3.8) is 0 Å². The smallest absolute Gasteiger partial charge is 0.214 e. The third kappa shape index (κ3) is 2.42. The maximum absolute atomic E-state index is 13.7. The van der Waals surface area contributed by atoms with Crippen LogP contribution in [0.3, 0.4) is 0 Å². The highest BCUT2D eigenvalue weighted by atomic mass is 79.9. The molecule has 0 N–H and O–H groups in total. The van der Waals surface area contributed by atoms with Crippen LogP contribution in [-0.4, -0.2) is 10.8 Å². The van der Waals surface area contributed by atoms with E-state index in [2.05, 4.69) is 20.9 Å². The number of benzene rings is 1. The fraction of sp³-hybridized carbons (Fsp3) is 0.0769. The van der Waals surface area contributed by atoms with Gasteiger partial charge in [-0.3, -0.25) is 9.78 Å². The quantitative estimate of drug-likeness (QED) is 0.793. The summed E-state index contributed by atoms with van der Waals surface area (Å²) in [6.45, 7) is 1.86. The average molecular weight is 294 g/mol. The van der Waals surface area contributed by atoms with Crippen LogP contribution in [0.1, 0.15) is 21.6 Å². The van der Waals surface area contributed by atoms with Crippen molar-refractivity contribution < 1.29 is 9.18 Å². The van der Waals surface area contributed by atoms with Gasteiger partial charge in [0.25, 0.3) is 0 Å². The van der Waals surface area contributed by atoms with Crippen molar-refractivity contribution in [1.82, 2.24) is 4.98 Å². The molecule has 0 saturated carbocycles. The summed E-state index contributed by atoms with van der Waals surface area (Å²) in [6.07, 6.45) is 1.54. The Kier molecular flexibility index (Phi) is 3.33. The molecule has 2 rings (SSSR count). The van der Waals surface area contributed by atoms with Crippen molar-refractivity contribution in [2.45, 2.75) is 6.92 Å². The Hall–Kier alpha value is -1.55. The minimum absolute atomic E-state index is 0.0254. The lowest BCUT2D eigenvalue weighted by atomic mass is 10.1. The predicted octanol–water partition coefficient (Wildman–Crippen LogP) is 3.52. The van der Waals surface area contributed by atoms with E-state index in [0.29, 0.717) is 0 Å². The number of rotatable bonds is 2. The molecular weight excluding hydrogens is 285 g/mol. The second kappa shape index (κ2) is 4.75. The molecule has 4 heteroatoms. The first-order valence-electron chi connectivity index (χ1n) is 5.01. The van der Waals surface area contributed by atoms with Gasteiger partial charge in [0.1, 0.15) is 11.5 Å². The molecule has 1 aromatic carbocycles. The summed E-state index contributed by atoms with van der Waals surface area (Å²) < 4.78 is 14.0. The number of nitrogens with zero attached hydrogens (tertiary/aromatic N) is 1. The molecule has 1 heterocycles. The molecular formula is C13H9BrFNO. The lowest BCUT2D eigenvalue weighted by Gasteiger charge is -2.04. The Morgan fingerprint density at radius 1 is 1.35 bits per heavy atom. The third-order valence-corrected chi connectivity index (χ3v) is 2.96. The van der Waals surface area contributed by atoms with E-state index in [-0.39, 0.29) is 15.7 Å². The van der Waals surface area contributed by atoms with Crippen molar-refractivity contribution in [1.29, 1.82) is 0 Å². The lowest BCUT2D eigenvalue weighted by molar-refractivity contribution is 0.103. The molecule has 0 saturated heterocycles. The normalized spacial score (nSPS) is 10.3. The summed E-state index contributed by atoms with van der Waals surface area (Å²) in [6, 6.07) is 8.05. The van der Waals surface area contributed by atoms with Crippen LogP contribution < -0.4 is 0 Å². The van der Waals surface area contributed by atoms with Gasteiger partial charge in [-0.25, -0.2) is 4.39 Å². The number of aromatic nitrogens is 1. The van der Waals surface area contributed by atoms with E-state index in [0.717, 1.165) is 5.56 Å². The molecule has 0 amide bonds. The molecule has 0 aliphatic carbocycles. The number of ketones is 1. The Balaban J connectivity index is 2.48. The van der Waals surface area contributed by atoms with Crippen molar-refractivity contribution in [3.8, 4) is 0 Å². The minimum Gasteiger partial charge on any atom is -0.287 e. The molecule has 0 aliphatic heterocycles. The average Bonchev–Trinajstić information content (AvgIpc) is 2.32. The lowest BCUT2D eigenvalue weighted by Crippen LogP contribution is -2.07. The fourth-order valence-electron chi connectivity index (χ4n) is 1.48. The first-order valence-corrected chi connectivity index (χ1v) is 5.80. The monoisotopic (exact) mass is 293 g/mol. The zero-order valence-electron chi connectivity index (χ0n) is 9.08. The van der Waals surface area contributed by atoms with Gasteiger partial charge in [0.2, 0.25) is 5.78 Å². The summed E-state index contributed by atoms with van der Waals surface area (Å²) in [4.78, 5) is 16.0. The van der Waals surface area contributed by atoms with E-state index in [1.807, 2.05) is 6.92 Å². The van der Waals surface area contributed by atoms with E-state index >= 15 is 0 Å². The standard InChI is InChI=1S/C13H9BrFNO/c1-8-5-6-16-11(7-8)13(17)9-3-2-4-10(14)12(9)15/h2-7H,1H3. The zero-order valence-corrected chi connectivity index (χ0v) is 10.7. The second-order valence-electron chi connectivity index (χ2n) is 3.65. The fourth-order valence-corrected chi connectivity index (χ4v) is 1.84. The second-order valence-corrected chi connectivity index (χ2v) is 4.50. The molecule has 0 radical (unpaired) electrons. The van der Waals surface area contributed by atoms with Crippen LogP contribution in [0.4, 0.5) is 4.39 Å².